The number of anilines is 1. The number of hydrogen-bond acceptors (Lipinski definition) is 6. The molecule has 2 amide bonds. The van der Waals surface area contributed by atoms with Crippen molar-refractivity contribution in [2.75, 3.05) is 18.5 Å². The molecule has 1 aromatic carbocycles. The Labute approximate surface area is 195 Å². The van der Waals surface area contributed by atoms with Gasteiger partial charge < -0.3 is 20.5 Å². The maximum atomic E-state index is 13.1. The van der Waals surface area contributed by atoms with E-state index < -0.39 is 0 Å². The van der Waals surface area contributed by atoms with Crippen molar-refractivity contribution in [3.05, 3.63) is 52.0 Å². The van der Waals surface area contributed by atoms with Gasteiger partial charge in [0.05, 0.1) is 17.4 Å². The van der Waals surface area contributed by atoms with E-state index in [9.17, 15) is 14.7 Å². The van der Waals surface area contributed by atoms with Crippen molar-refractivity contribution in [1.29, 1.82) is 0 Å². The van der Waals surface area contributed by atoms with Crippen molar-refractivity contribution in [3.63, 3.8) is 0 Å². The van der Waals surface area contributed by atoms with Crippen LogP contribution in [0.15, 0.2) is 30.3 Å². The van der Waals surface area contributed by atoms with E-state index in [1.807, 2.05) is 0 Å². The molecule has 9 heteroatoms. The van der Waals surface area contributed by atoms with Gasteiger partial charge in [0.25, 0.3) is 11.8 Å². The van der Waals surface area contributed by atoms with Gasteiger partial charge in [0.15, 0.2) is 0 Å². The van der Waals surface area contributed by atoms with E-state index in [1.165, 1.54) is 16.2 Å². The van der Waals surface area contributed by atoms with Crippen molar-refractivity contribution in [2.45, 2.75) is 44.6 Å². The lowest BCUT2D eigenvalue weighted by atomic mass is 9.95. The van der Waals surface area contributed by atoms with Crippen LogP contribution in [0.2, 0.25) is 0 Å². The lowest BCUT2D eigenvalue weighted by Gasteiger charge is -2.15. The molecule has 1 aliphatic carbocycles. The van der Waals surface area contributed by atoms with Gasteiger partial charge >= 0.3 is 0 Å². The first-order valence-electron chi connectivity index (χ1n) is 11.3. The molecule has 1 aliphatic heterocycles. The third-order valence-corrected chi connectivity index (χ3v) is 7.35. The highest BCUT2D eigenvalue weighted by atomic mass is 32.1. The van der Waals surface area contributed by atoms with Gasteiger partial charge in [0.1, 0.15) is 16.4 Å². The summed E-state index contributed by atoms with van der Waals surface area (Å²) in [7, 11) is 0. The average Bonchev–Trinajstić information content (AvgIpc) is 3.57. The Morgan fingerprint density at radius 1 is 1.18 bits per heavy atom. The van der Waals surface area contributed by atoms with Gasteiger partial charge in [0, 0.05) is 23.6 Å². The number of amides is 2. The number of ether oxygens (including phenoxy) is 1. The largest absolute Gasteiger partial charge is 0.507 e. The number of rotatable bonds is 6. The molecule has 0 saturated carbocycles. The highest BCUT2D eigenvalue weighted by Gasteiger charge is 2.28. The molecule has 2 aromatic heterocycles. The van der Waals surface area contributed by atoms with Crippen LogP contribution in [0.1, 0.15) is 57.0 Å². The van der Waals surface area contributed by atoms with Crippen LogP contribution in [0.25, 0.3) is 11.3 Å². The van der Waals surface area contributed by atoms with E-state index in [1.54, 1.807) is 30.3 Å². The van der Waals surface area contributed by atoms with Gasteiger partial charge in [-0.1, -0.05) is 12.1 Å². The number of H-pyrrole nitrogens is 1. The SMILES string of the molecule is O=C(Nc1sc2c(c1C(=O)NCC1CCCO1)CCCC2)c1cc(-c2ccccc2O)n[nH]1. The molecule has 172 valence electrons. The number of benzene rings is 1. The number of aromatic amines is 1. The number of hydrogen-bond donors (Lipinski definition) is 4. The van der Waals surface area contributed by atoms with Crippen LogP contribution >= 0.6 is 11.3 Å². The first kappa shape index (κ1) is 21.7. The second-order valence-corrected chi connectivity index (χ2v) is 9.50. The lowest BCUT2D eigenvalue weighted by Crippen LogP contribution is -2.32. The fourth-order valence-corrected chi connectivity index (χ4v) is 5.71. The van der Waals surface area contributed by atoms with Crippen LogP contribution in [0.4, 0.5) is 5.00 Å². The minimum atomic E-state index is -0.379. The Bertz CT molecular complexity index is 1180. The molecule has 3 heterocycles. The Morgan fingerprint density at radius 3 is 2.85 bits per heavy atom. The number of aryl methyl sites for hydroxylation is 1. The number of nitrogens with zero attached hydrogens (tertiary/aromatic N) is 1. The monoisotopic (exact) mass is 466 g/mol. The minimum Gasteiger partial charge on any atom is -0.507 e. The number of fused-ring (bicyclic) bond motifs is 1. The molecule has 0 spiro atoms. The molecule has 1 fully saturated rings. The van der Waals surface area contributed by atoms with E-state index in [0.29, 0.717) is 28.4 Å². The quantitative estimate of drug-likeness (QED) is 0.440. The van der Waals surface area contributed by atoms with Crippen LogP contribution in [0.3, 0.4) is 0 Å². The van der Waals surface area contributed by atoms with Crippen molar-refractivity contribution >= 4 is 28.2 Å². The Balaban J connectivity index is 1.36. The number of thiophene rings is 1. The minimum absolute atomic E-state index is 0.0549. The van der Waals surface area contributed by atoms with Crippen molar-refractivity contribution in [2.24, 2.45) is 0 Å². The highest BCUT2D eigenvalue weighted by molar-refractivity contribution is 7.17. The van der Waals surface area contributed by atoms with Gasteiger partial charge in [-0.05, 0) is 62.3 Å². The zero-order valence-electron chi connectivity index (χ0n) is 18.1. The topological polar surface area (TPSA) is 116 Å². The zero-order chi connectivity index (χ0) is 22.8. The molecule has 4 N–H and O–H groups in total. The molecular formula is C24H26N4O4S. The van der Waals surface area contributed by atoms with Crippen LogP contribution in [-0.4, -0.2) is 46.4 Å². The van der Waals surface area contributed by atoms with Gasteiger partial charge in [-0.2, -0.15) is 5.10 Å². The van der Waals surface area contributed by atoms with Crippen molar-refractivity contribution < 1.29 is 19.4 Å². The first-order chi connectivity index (χ1) is 16.1. The number of phenolic OH excluding ortho intramolecular Hbond substituents is 1. The Hall–Kier alpha value is -3.17. The van der Waals surface area contributed by atoms with Crippen molar-refractivity contribution in [1.82, 2.24) is 15.5 Å². The second-order valence-electron chi connectivity index (χ2n) is 8.40. The molecule has 1 unspecified atom stereocenters. The Kier molecular flexibility index (Phi) is 6.15. The molecule has 0 radical (unpaired) electrons. The summed E-state index contributed by atoms with van der Waals surface area (Å²) >= 11 is 1.48. The molecular weight excluding hydrogens is 440 g/mol. The second kappa shape index (κ2) is 9.36. The van der Waals surface area contributed by atoms with Crippen LogP contribution in [-0.2, 0) is 17.6 Å². The van der Waals surface area contributed by atoms with E-state index in [0.717, 1.165) is 50.7 Å². The summed E-state index contributed by atoms with van der Waals surface area (Å²) in [5.74, 6) is -0.456. The third kappa shape index (κ3) is 4.51. The fraction of sp³-hybridized carbons (Fsp3) is 0.375. The molecule has 1 saturated heterocycles. The standard InChI is InChI=1S/C24H26N4O4S/c29-19-9-3-1-7-15(19)17-12-18(28-27-17)22(30)26-24-21(16-8-2-4-10-20(16)33-24)23(31)25-13-14-6-5-11-32-14/h1,3,7,9,12,14,29H,2,4-6,8,10-11,13H2,(H,25,31)(H,26,30)(H,27,28). The zero-order valence-corrected chi connectivity index (χ0v) is 19.0. The molecule has 1 atom stereocenters. The normalized spacial score (nSPS) is 17.5. The molecule has 0 bridgehead atoms. The first-order valence-corrected chi connectivity index (χ1v) is 12.1. The number of aromatic hydroxyl groups is 1. The summed E-state index contributed by atoms with van der Waals surface area (Å²) < 4.78 is 5.62. The van der Waals surface area contributed by atoms with Crippen LogP contribution < -0.4 is 10.6 Å². The summed E-state index contributed by atoms with van der Waals surface area (Å²) in [6.45, 7) is 1.21. The predicted octanol–water partition coefficient (Wildman–Crippen LogP) is 3.88. The molecule has 8 nitrogen and oxygen atoms in total. The molecule has 5 rings (SSSR count). The Morgan fingerprint density at radius 2 is 2.03 bits per heavy atom. The highest BCUT2D eigenvalue weighted by Crippen LogP contribution is 2.38. The predicted molar refractivity (Wildman–Crippen MR) is 126 cm³/mol. The fourth-order valence-electron chi connectivity index (χ4n) is 4.43. The van der Waals surface area contributed by atoms with E-state index >= 15 is 0 Å². The molecule has 3 aromatic rings. The third-order valence-electron chi connectivity index (χ3n) is 6.14. The van der Waals surface area contributed by atoms with E-state index in [-0.39, 0.29) is 29.4 Å². The number of aromatic nitrogens is 2. The number of phenols is 1. The summed E-state index contributed by atoms with van der Waals surface area (Å²) in [6.07, 6.45) is 5.90. The number of nitrogens with one attached hydrogen (secondary N) is 3. The summed E-state index contributed by atoms with van der Waals surface area (Å²) in [5.41, 5.74) is 2.88. The molecule has 33 heavy (non-hydrogen) atoms. The summed E-state index contributed by atoms with van der Waals surface area (Å²) in [4.78, 5) is 27.3. The van der Waals surface area contributed by atoms with Crippen LogP contribution in [0.5, 0.6) is 5.75 Å². The van der Waals surface area contributed by atoms with Gasteiger partial charge in [-0.15, -0.1) is 11.3 Å². The van der Waals surface area contributed by atoms with Crippen LogP contribution in [0, 0.1) is 0 Å². The van der Waals surface area contributed by atoms with Crippen molar-refractivity contribution in [3.8, 4) is 17.0 Å². The average molecular weight is 467 g/mol. The van der Waals surface area contributed by atoms with E-state index in [2.05, 4.69) is 20.8 Å². The van der Waals surface area contributed by atoms with Gasteiger partial charge in [0.2, 0.25) is 0 Å². The number of carbonyl (C=O) groups is 2. The maximum absolute atomic E-state index is 13.1. The smallest absolute Gasteiger partial charge is 0.274 e. The molecule has 2 aliphatic rings. The summed E-state index contributed by atoms with van der Waals surface area (Å²) in [5, 5.41) is 23.5. The lowest BCUT2D eigenvalue weighted by molar-refractivity contribution is 0.0858. The number of carbonyl (C=O) groups excluding carboxylic acids is 2. The van der Waals surface area contributed by atoms with Gasteiger partial charge in [-0.3, -0.25) is 14.7 Å². The maximum Gasteiger partial charge on any atom is 0.274 e. The van der Waals surface area contributed by atoms with Gasteiger partial charge in [-0.25, -0.2) is 0 Å². The summed E-state index contributed by atoms with van der Waals surface area (Å²) in [6, 6.07) is 8.41. The number of para-hydroxylation sites is 1. The van der Waals surface area contributed by atoms with E-state index in [4.69, 9.17) is 4.74 Å².